The molecule has 0 radical (unpaired) electrons. The smallest absolute Gasteiger partial charge is 0.0687 e. The fraction of sp³-hybridized carbons (Fsp3) is 0.636. The highest BCUT2D eigenvalue weighted by atomic mass is 28.3. The maximum atomic E-state index is 9.23. The maximum Gasteiger partial charge on any atom is 0.0687 e. The van der Waals surface area contributed by atoms with Crippen LogP contribution in [0.15, 0.2) is 23.9 Å². The van der Waals surface area contributed by atoms with Crippen LogP contribution < -0.4 is 0 Å². The van der Waals surface area contributed by atoms with Crippen LogP contribution in [-0.4, -0.2) is 31.5 Å². The van der Waals surface area contributed by atoms with Gasteiger partial charge in [-0.05, 0) is 12.0 Å². The Bertz CT molecular complexity index is 204. The third-order valence-electron chi connectivity index (χ3n) is 2.00. The Kier molecular flexibility index (Phi) is 6.00. The van der Waals surface area contributed by atoms with Crippen LogP contribution in [0.5, 0.6) is 0 Å². The van der Waals surface area contributed by atoms with Crippen LogP contribution in [0.4, 0.5) is 0 Å². The van der Waals surface area contributed by atoms with Crippen molar-refractivity contribution < 1.29 is 10.2 Å². The van der Waals surface area contributed by atoms with Gasteiger partial charge in [-0.2, -0.15) is 0 Å². The van der Waals surface area contributed by atoms with Crippen molar-refractivity contribution in [1.82, 2.24) is 0 Å². The number of hydrogen-bond donors (Lipinski definition) is 2. The summed E-state index contributed by atoms with van der Waals surface area (Å²) in [5.74, 6) is 0.0456. The normalized spacial score (nSPS) is 15.4. The monoisotopic (exact) mass is 214 g/mol. The van der Waals surface area contributed by atoms with E-state index in [1.807, 2.05) is 0 Å². The molecule has 0 aliphatic heterocycles. The highest BCUT2D eigenvalue weighted by molar-refractivity contribution is 6.81. The van der Waals surface area contributed by atoms with Gasteiger partial charge in [0.25, 0.3) is 0 Å². The number of aliphatic hydroxyl groups excluding tert-OH is 2. The summed E-state index contributed by atoms with van der Waals surface area (Å²) in [6.07, 6.45) is 2.52. The van der Waals surface area contributed by atoms with Gasteiger partial charge in [-0.15, -0.1) is 6.58 Å². The van der Waals surface area contributed by atoms with E-state index in [1.54, 1.807) is 6.08 Å². The van der Waals surface area contributed by atoms with Crippen molar-refractivity contribution in [2.45, 2.75) is 26.1 Å². The predicted octanol–water partition coefficient (Wildman–Crippen LogP) is 1.97. The lowest BCUT2D eigenvalue weighted by Crippen LogP contribution is -2.21. The second-order valence-electron chi connectivity index (χ2n) is 4.65. The third kappa shape index (κ3) is 5.37. The topological polar surface area (TPSA) is 40.5 Å². The maximum absolute atomic E-state index is 9.23. The summed E-state index contributed by atoms with van der Waals surface area (Å²) in [6, 6.07) is 0. The number of aliphatic hydroxyl groups is 2. The molecule has 1 unspecified atom stereocenters. The van der Waals surface area contributed by atoms with E-state index < -0.39 is 8.07 Å². The van der Waals surface area contributed by atoms with Crippen LogP contribution in [-0.2, 0) is 0 Å². The zero-order valence-corrected chi connectivity index (χ0v) is 10.5. The Morgan fingerprint density at radius 3 is 2.21 bits per heavy atom. The largest absolute Gasteiger partial charge is 0.396 e. The molecule has 0 aliphatic rings. The summed E-state index contributed by atoms with van der Waals surface area (Å²) in [5.41, 5.74) is 3.13. The van der Waals surface area contributed by atoms with Gasteiger partial charge in [0.1, 0.15) is 0 Å². The van der Waals surface area contributed by atoms with E-state index in [4.69, 9.17) is 0 Å². The molecule has 1 atom stereocenters. The summed E-state index contributed by atoms with van der Waals surface area (Å²) in [5, 5.41) is 18.4. The Morgan fingerprint density at radius 2 is 1.93 bits per heavy atom. The second kappa shape index (κ2) is 6.17. The fourth-order valence-corrected chi connectivity index (χ4v) is 2.83. The van der Waals surface area contributed by atoms with Gasteiger partial charge < -0.3 is 10.2 Å². The van der Waals surface area contributed by atoms with Crippen molar-refractivity contribution in [2.24, 2.45) is 5.92 Å². The molecule has 0 heterocycles. The van der Waals surface area contributed by atoms with Crippen LogP contribution >= 0.6 is 0 Å². The molecule has 2 N–H and O–H groups in total. The predicted molar refractivity (Wildman–Crippen MR) is 63.9 cm³/mol. The average Bonchev–Trinajstić information content (AvgIpc) is 2.09. The molecule has 0 saturated carbocycles. The lowest BCUT2D eigenvalue weighted by atomic mass is 9.98. The summed E-state index contributed by atoms with van der Waals surface area (Å²) in [7, 11) is -1.32. The minimum absolute atomic E-state index is 0.0450. The van der Waals surface area contributed by atoms with Gasteiger partial charge in [0.15, 0.2) is 0 Å². The van der Waals surface area contributed by atoms with Crippen LogP contribution in [0, 0.1) is 5.92 Å². The van der Waals surface area contributed by atoms with Crippen molar-refractivity contribution in [1.29, 1.82) is 0 Å². The molecule has 0 aliphatic carbocycles. The van der Waals surface area contributed by atoms with Crippen LogP contribution in [0.25, 0.3) is 0 Å². The quantitative estimate of drug-likeness (QED) is 0.524. The fourth-order valence-electron chi connectivity index (χ4n) is 1.39. The van der Waals surface area contributed by atoms with E-state index in [-0.39, 0.29) is 19.1 Å². The molecule has 0 aromatic carbocycles. The van der Waals surface area contributed by atoms with Gasteiger partial charge in [-0.3, -0.25) is 0 Å². The van der Waals surface area contributed by atoms with E-state index in [0.717, 1.165) is 12.0 Å². The Balaban J connectivity index is 4.66. The molecule has 0 fully saturated rings. The molecular weight excluding hydrogens is 192 g/mol. The number of rotatable bonds is 6. The lowest BCUT2D eigenvalue weighted by molar-refractivity contribution is 0.228. The number of allylic oxidation sites excluding steroid dienone is 1. The average molecular weight is 214 g/mol. The van der Waals surface area contributed by atoms with Crippen molar-refractivity contribution in [3.05, 3.63) is 23.9 Å². The molecule has 0 bridgehead atoms. The first-order valence-corrected chi connectivity index (χ1v) is 8.56. The molecule has 0 saturated heterocycles. The molecule has 0 aromatic rings. The molecule has 0 spiro atoms. The first-order chi connectivity index (χ1) is 6.44. The molecular formula is C11H22O2Si. The highest BCUT2D eigenvalue weighted by Gasteiger charge is 2.16. The van der Waals surface area contributed by atoms with Crippen LogP contribution in [0.2, 0.25) is 19.6 Å². The van der Waals surface area contributed by atoms with Crippen molar-refractivity contribution >= 4 is 8.07 Å². The molecule has 0 aromatic heterocycles. The zero-order chi connectivity index (χ0) is 11.2. The van der Waals surface area contributed by atoms with Gasteiger partial charge in [0, 0.05) is 12.5 Å². The Hall–Kier alpha value is -0.383. The summed E-state index contributed by atoms with van der Waals surface area (Å²) in [6.45, 7) is 10.4. The lowest BCUT2D eigenvalue weighted by Gasteiger charge is -2.19. The summed E-state index contributed by atoms with van der Waals surface area (Å²) < 4.78 is 0. The Morgan fingerprint density at radius 1 is 1.36 bits per heavy atom. The summed E-state index contributed by atoms with van der Waals surface area (Å²) in [4.78, 5) is 0. The molecule has 14 heavy (non-hydrogen) atoms. The second-order valence-corrected chi connectivity index (χ2v) is 9.67. The standard InChI is InChI=1S/C11H22O2Si/c1-5-6-10(7-12)11(8-13)9-14(2,3)4/h5,9-10,12-13H,1,6-8H2,2-4H3. The van der Waals surface area contributed by atoms with Crippen LogP contribution in [0.3, 0.4) is 0 Å². The molecule has 0 amide bonds. The van der Waals surface area contributed by atoms with Crippen molar-refractivity contribution in [2.75, 3.05) is 13.2 Å². The van der Waals surface area contributed by atoms with Gasteiger partial charge in [0.05, 0.1) is 14.7 Å². The SMILES string of the molecule is C=CCC(CO)C(=C[Si](C)(C)C)CO. The van der Waals surface area contributed by atoms with Gasteiger partial charge >= 0.3 is 0 Å². The molecule has 82 valence electrons. The van der Waals surface area contributed by atoms with Gasteiger partial charge in [0.2, 0.25) is 0 Å². The summed E-state index contributed by atoms with van der Waals surface area (Å²) >= 11 is 0. The van der Waals surface area contributed by atoms with E-state index in [9.17, 15) is 10.2 Å². The third-order valence-corrected chi connectivity index (χ3v) is 3.23. The number of hydrogen-bond acceptors (Lipinski definition) is 2. The minimum atomic E-state index is -1.32. The molecule has 3 heteroatoms. The van der Waals surface area contributed by atoms with Gasteiger partial charge in [-0.1, -0.05) is 31.4 Å². The van der Waals surface area contributed by atoms with Crippen LogP contribution in [0.1, 0.15) is 6.42 Å². The highest BCUT2D eigenvalue weighted by Crippen LogP contribution is 2.18. The Labute approximate surface area is 88.0 Å². The molecule has 2 nitrogen and oxygen atoms in total. The van der Waals surface area contributed by atoms with E-state index in [2.05, 4.69) is 31.9 Å². The van der Waals surface area contributed by atoms with Crippen molar-refractivity contribution in [3.63, 3.8) is 0 Å². The first-order valence-electron chi connectivity index (χ1n) is 4.99. The minimum Gasteiger partial charge on any atom is -0.396 e. The van der Waals surface area contributed by atoms with E-state index >= 15 is 0 Å². The molecule has 0 rings (SSSR count). The van der Waals surface area contributed by atoms with Crippen molar-refractivity contribution in [3.8, 4) is 0 Å². The van der Waals surface area contributed by atoms with Gasteiger partial charge in [-0.25, -0.2) is 0 Å². The van der Waals surface area contributed by atoms with E-state index in [0.29, 0.717) is 0 Å². The zero-order valence-electron chi connectivity index (χ0n) is 9.45. The first kappa shape index (κ1) is 13.6. The van der Waals surface area contributed by atoms with E-state index in [1.165, 1.54) is 0 Å².